The number of rotatable bonds is 2. The van der Waals surface area contributed by atoms with Crippen molar-refractivity contribution in [3.05, 3.63) is 42.0 Å². The Morgan fingerprint density at radius 3 is 2.05 bits per heavy atom. The highest BCUT2D eigenvalue weighted by molar-refractivity contribution is 6.05. The van der Waals surface area contributed by atoms with Gasteiger partial charge in [0.25, 0.3) is 5.91 Å². The number of aromatic hydroxyl groups is 4. The molecule has 0 spiro atoms. The third kappa shape index (κ3) is 2.86. The van der Waals surface area contributed by atoms with Crippen LogP contribution in [0.2, 0.25) is 0 Å². The van der Waals surface area contributed by atoms with Crippen LogP contribution in [0.15, 0.2) is 36.4 Å². The van der Waals surface area contributed by atoms with Gasteiger partial charge >= 0.3 is 0 Å². The summed E-state index contributed by atoms with van der Waals surface area (Å²) in [5.41, 5.74) is 0.135. The van der Waals surface area contributed by atoms with Crippen molar-refractivity contribution in [1.82, 2.24) is 0 Å². The maximum Gasteiger partial charge on any atom is 0.256 e. The standard InChI is InChI=1S/C13H11NO5/c15-8-1-2-11(12(18)6-8)14-13(19)7-3-9(16)5-10(17)4-7/h1-6,15-18H,(H,14,19). The number of carbonyl (C=O) groups is 1. The Morgan fingerprint density at radius 2 is 1.47 bits per heavy atom. The molecule has 6 nitrogen and oxygen atoms in total. The van der Waals surface area contributed by atoms with Gasteiger partial charge in [-0.2, -0.15) is 0 Å². The van der Waals surface area contributed by atoms with Crippen molar-refractivity contribution in [3.8, 4) is 23.0 Å². The van der Waals surface area contributed by atoms with Gasteiger partial charge in [-0.1, -0.05) is 0 Å². The number of anilines is 1. The molecule has 1 amide bonds. The molecule has 0 saturated heterocycles. The van der Waals surface area contributed by atoms with Crippen molar-refractivity contribution >= 4 is 11.6 Å². The molecule has 0 aliphatic heterocycles. The largest absolute Gasteiger partial charge is 0.508 e. The second kappa shape index (κ2) is 4.77. The molecular weight excluding hydrogens is 250 g/mol. The SMILES string of the molecule is O=C(Nc1ccc(O)cc1O)c1cc(O)cc(O)c1. The lowest BCUT2D eigenvalue weighted by molar-refractivity contribution is 0.102. The van der Waals surface area contributed by atoms with Gasteiger partial charge in [-0.3, -0.25) is 4.79 Å². The average Bonchev–Trinajstić information content (AvgIpc) is 2.31. The van der Waals surface area contributed by atoms with E-state index in [-0.39, 0.29) is 34.2 Å². The fraction of sp³-hybridized carbons (Fsp3) is 0. The van der Waals surface area contributed by atoms with Gasteiger partial charge in [0, 0.05) is 17.7 Å². The van der Waals surface area contributed by atoms with E-state index in [9.17, 15) is 20.1 Å². The Bertz CT molecular complexity index is 619. The highest BCUT2D eigenvalue weighted by Gasteiger charge is 2.11. The normalized spacial score (nSPS) is 10.1. The average molecular weight is 261 g/mol. The van der Waals surface area contributed by atoms with Gasteiger partial charge in [-0.05, 0) is 24.3 Å². The van der Waals surface area contributed by atoms with Gasteiger partial charge in [0.05, 0.1) is 5.69 Å². The van der Waals surface area contributed by atoms with Crippen LogP contribution in [0.25, 0.3) is 0 Å². The number of phenols is 4. The van der Waals surface area contributed by atoms with Crippen molar-refractivity contribution in [2.24, 2.45) is 0 Å². The Labute approximate surface area is 108 Å². The summed E-state index contributed by atoms with van der Waals surface area (Å²) in [5, 5.41) is 39.6. The van der Waals surface area contributed by atoms with Crippen LogP contribution in [0.1, 0.15) is 10.4 Å². The van der Waals surface area contributed by atoms with Crippen LogP contribution < -0.4 is 5.32 Å². The van der Waals surface area contributed by atoms with E-state index < -0.39 is 5.91 Å². The fourth-order valence-corrected chi connectivity index (χ4v) is 1.55. The molecule has 2 aromatic rings. The summed E-state index contributed by atoms with van der Waals surface area (Å²) in [4.78, 5) is 11.8. The molecule has 0 aliphatic rings. The zero-order valence-electron chi connectivity index (χ0n) is 9.66. The lowest BCUT2D eigenvalue weighted by Crippen LogP contribution is -2.11. The summed E-state index contributed by atoms with van der Waals surface area (Å²) < 4.78 is 0. The smallest absolute Gasteiger partial charge is 0.256 e. The summed E-state index contributed by atoms with van der Waals surface area (Å²) in [7, 11) is 0. The number of hydrogen-bond donors (Lipinski definition) is 5. The van der Waals surface area contributed by atoms with E-state index in [4.69, 9.17) is 5.11 Å². The van der Waals surface area contributed by atoms with Crippen LogP contribution >= 0.6 is 0 Å². The number of nitrogens with one attached hydrogen (secondary N) is 1. The van der Waals surface area contributed by atoms with Crippen molar-refractivity contribution < 1.29 is 25.2 Å². The topological polar surface area (TPSA) is 110 Å². The molecule has 0 bridgehead atoms. The van der Waals surface area contributed by atoms with Crippen LogP contribution in [-0.2, 0) is 0 Å². The maximum atomic E-state index is 11.8. The van der Waals surface area contributed by atoms with Gasteiger partial charge in [-0.25, -0.2) is 0 Å². The highest BCUT2D eigenvalue weighted by atomic mass is 16.3. The molecule has 6 heteroatoms. The zero-order valence-corrected chi connectivity index (χ0v) is 9.66. The van der Waals surface area contributed by atoms with Crippen molar-refractivity contribution in [2.75, 3.05) is 5.32 Å². The second-order valence-electron chi connectivity index (χ2n) is 3.89. The van der Waals surface area contributed by atoms with E-state index in [0.29, 0.717) is 0 Å². The summed E-state index contributed by atoms with van der Waals surface area (Å²) in [6, 6.07) is 7.14. The molecule has 19 heavy (non-hydrogen) atoms. The summed E-state index contributed by atoms with van der Waals surface area (Å²) >= 11 is 0. The Kier molecular flexibility index (Phi) is 3.15. The number of carbonyl (C=O) groups excluding carboxylic acids is 1. The first-order valence-electron chi connectivity index (χ1n) is 5.32. The Hall–Kier alpha value is -2.89. The molecule has 0 aliphatic carbocycles. The van der Waals surface area contributed by atoms with E-state index in [2.05, 4.69) is 5.32 Å². The molecule has 0 atom stereocenters. The lowest BCUT2D eigenvalue weighted by Gasteiger charge is -2.08. The quantitative estimate of drug-likeness (QED) is 0.418. The number of hydrogen-bond acceptors (Lipinski definition) is 5. The van der Waals surface area contributed by atoms with Crippen LogP contribution in [-0.4, -0.2) is 26.3 Å². The van der Waals surface area contributed by atoms with Gasteiger partial charge in [0.1, 0.15) is 23.0 Å². The van der Waals surface area contributed by atoms with Crippen molar-refractivity contribution in [3.63, 3.8) is 0 Å². The molecule has 0 saturated carbocycles. The molecule has 2 rings (SSSR count). The summed E-state index contributed by atoms with van der Waals surface area (Å²) in [6.07, 6.45) is 0. The lowest BCUT2D eigenvalue weighted by atomic mass is 10.1. The molecule has 0 aromatic heterocycles. The molecule has 98 valence electrons. The molecule has 0 fully saturated rings. The van der Waals surface area contributed by atoms with Gasteiger partial charge < -0.3 is 25.7 Å². The van der Waals surface area contributed by atoms with Gasteiger partial charge in [0.15, 0.2) is 0 Å². The monoisotopic (exact) mass is 261 g/mol. The van der Waals surface area contributed by atoms with Crippen LogP contribution in [0.4, 0.5) is 5.69 Å². The first-order chi connectivity index (χ1) is 8.95. The Balaban J connectivity index is 2.25. The summed E-state index contributed by atoms with van der Waals surface area (Å²) in [6.45, 7) is 0. The molecule has 0 unspecified atom stereocenters. The van der Waals surface area contributed by atoms with Gasteiger partial charge in [-0.15, -0.1) is 0 Å². The van der Waals surface area contributed by atoms with Crippen molar-refractivity contribution in [2.45, 2.75) is 0 Å². The number of phenolic OH excluding ortho intramolecular Hbond substituents is 4. The van der Waals surface area contributed by atoms with Crippen LogP contribution in [0.3, 0.4) is 0 Å². The first-order valence-corrected chi connectivity index (χ1v) is 5.32. The Morgan fingerprint density at radius 1 is 0.842 bits per heavy atom. The molecule has 0 heterocycles. The summed E-state index contributed by atoms with van der Waals surface area (Å²) in [5.74, 6) is -1.55. The van der Waals surface area contributed by atoms with Gasteiger partial charge in [0.2, 0.25) is 0 Å². The van der Waals surface area contributed by atoms with E-state index in [1.165, 1.54) is 24.3 Å². The number of benzene rings is 2. The molecule has 0 radical (unpaired) electrons. The minimum Gasteiger partial charge on any atom is -0.508 e. The van der Waals surface area contributed by atoms with Crippen molar-refractivity contribution in [1.29, 1.82) is 0 Å². The molecule has 5 N–H and O–H groups in total. The third-order valence-corrected chi connectivity index (χ3v) is 2.39. The van der Waals surface area contributed by atoms with E-state index in [1.54, 1.807) is 0 Å². The minimum atomic E-state index is -0.618. The zero-order chi connectivity index (χ0) is 14.0. The predicted molar refractivity (Wildman–Crippen MR) is 67.5 cm³/mol. The first kappa shape index (κ1) is 12.6. The second-order valence-corrected chi connectivity index (χ2v) is 3.89. The van der Waals surface area contributed by atoms with E-state index >= 15 is 0 Å². The predicted octanol–water partition coefficient (Wildman–Crippen LogP) is 1.76. The molecule has 2 aromatic carbocycles. The number of amides is 1. The van der Waals surface area contributed by atoms with E-state index in [0.717, 1.165) is 12.1 Å². The van der Waals surface area contributed by atoms with Crippen LogP contribution in [0.5, 0.6) is 23.0 Å². The van der Waals surface area contributed by atoms with E-state index in [1.807, 2.05) is 0 Å². The highest BCUT2D eigenvalue weighted by Crippen LogP contribution is 2.28. The van der Waals surface area contributed by atoms with Crippen LogP contribution in [0, 0.1) is 0 Å². The fourth-order valence-electron chi connectivity index (χ4n) is 1.55. The molecular formula is C13H11NO5. The maximum absolute atomic E-state index is 11.8. The minimum absolute atomic E-state index is 0.0324. The third-order valence-electron chi connectivity index (χ3n) is 2.39.